The lowest BCUT2D eigenvalue weighted by molar-refractivity contribution is 0.283. The minimum absolute atomic E-state index is 0.284. The summed E-state index contributed by atoms with van der Waals surface area (Å²) in [7, 11) is 0. The van der Waals surface area contributed by atoms with E-state index in [2.05, 4.69) is 5.32 Å². The van der Waals surface area contributed by atoms with E-state index in [1.807, 2.05) is 12.1 Å². The van der Waals surface area contributed by atoms with Gasteiger partial charge in [-0.25, -0.2) is 0 Å². The van der Waals surface area contributed by atoms with Crippen molar-refractivity contribution < 1.29 is 10.2 Å². The summed E-state index contributed by atoms with van der Waals surface area (Å²) in [5.74, 6) is 0.314. The second-order valence-electron chi connectivity index (χ2n) is 3.63. The molecule has 0 bridgehead atoms. The van der Waals surface area contributed by atoms with Crippen molar-refractivity contribution in [3.63, 3.8) is 0 Å². The molecule has 1 aromatic carbocycles. The highest BCUT2D eigenvalue weighted by molar-refractivity contribution is 5.26. The summed E-state index contributed by atoms with van der Waals surface area (Å²) in [6, 6.07) is 7.27. The lowest BCUT2D eigenvalue weighted by Crippen LogP contribution is -2.14. The Labute approximate surface area is 90.8 Å². The first-order valence-corrected chi connectivity index (χ1v) is 5.42. The maximum Gasteiger partial charge on any atom is 0.115 e. The first-order valence-electron chi connectivity index (χ1n) is 5.42. The van der Waals surface area contributed by atoms with Gasteiger partial charge in [0.1, 0.15) is 5.75 Å². The van der Waals surface area contributed by atoms with Gasteiger partial charge in [0.25, 0.3) is 0 Å². The summed E-state index contributed by atoms with van der Waals surface area (Å²) in [4.78, 5) is 0. The summed E-state index contributed by atoms with van der Waals surface area (Å²) in [6.07, 6.45) is 3.02. The normalized spacial score (nSPS) is 10.5. The number of phenolic OH excluding ortho intramolecular Hbond substituents is 1. The number of aliphatic hydroxyl groups excluding tert-OH is 1. The molecule has 3 heteroatoms. The second-order valence-corrected chi connectivity index (χ2v) is 3.63. The van der Waals surface area contributed by atoms with Crippen molar-refractivity contribution >= 4 is 0 Å². The standard InChI is InChI=1S/C12H19NO2/c14-8-3-1-2-7-13-10-11-5-4-6-12(15)9-11/h4-6,9,13-15H,1-3,7-8,10H2. The Morgan fingerprint density at radius 3 is 2.73 bits per heavy atom. The maximum absolute atomic E-state index is 9.23. The number of rotatable bonds is 7. The molecule has 3 nitrogen and oxygen atoms in total. The number of hydrogen-bond donors (Lipinski definition) is 3. The summed E-state index contributed by atoms with van der Waals surface area (Å²) < 4.78 is 0. The van der Waals surface area contributed by atoms with Crippen LogP contribution in [0.3, 0.4) is 0 Å². The average molecular weight is 209 g/mol. The van der Waals surface area contributed by atoms with Crippen molar-refractivity contribution in [3.05, 3.63) is 29.8 Å². The Morgan fingerprint density at radius 1 is 1.13 bits per heavy atom. The van der Waals surface area contributed by atoms with Crippen molar-refractivity contribution in [2.24, 2.45) is 0 Å². The van der Waals surface area contributed by atoms with Crippen LogP contribution >= 0.6 is 0 Å². The Bertz CT molecular complexity index is 276. The molecule has 0 spiro atoms. The largest absolute Gasteiger partial charge is 0.508 e. The SMILES string of the molecule is OCCCCCNCc1cccc(O)c1. The quantitative estimate of drug-likeness (QED) is 0.598. The molecule has 3 N–H and O–H groups in total. The summed E-state index contributed by atoms with van der Waals surface area (Å²) in [5, 5.41) is 21.1. The predicted molar refractivity (Wildman–Crippen MR) is 60.8 cm³/mol. The maximum atomic E-state index is 9.23. The van der Waals surface area contributed by atoms with E-state index < -0.39 is 0 Å². The fourth-order valence-electron chi connectivity index (χ4n) is 1.44. The van der Waals surface area contributed by atoms with E-state index in [-0.39, 0.29) is 6.61 Å². The molecular formula is C12H19NO2. The van der Waals surface area contributed by atoms with Gasteiger partial charge in [-0.2, -0.15) is 0 Å². The molecule has 0 unspecified atom stereocenters. The van der Waals surface area contributed by atoms with E-state index in [4.69, 9.17) is 5.11 Å². The van der Waals surface area contributed by atoms with E-state index in [0.29, 0.717) is 5.75 Å². The number of aromatic hydroxyl groups is 1. The van der Waals surface area contributed by atoms with Crippen molar-refractivity contribution in [2.75, 3.05) is 13.2 Å². The highest BCUT2D eigenvalue weighted by Gasteiger charge is 1.94. The zero-order valence-corrected chi connectivity index (χ0v) is 8.95. The van der Waals surface area contributed by atoms with Gasteiger partial charge in [0.2, 0.25) is 0 Å². The smallest absolute Gasteiger partial charge is 0.115 e. The van der Waals surface area contributed by atoms with E-state index >= 15 is 0 Å². The Kier molecular flexibility index (Phi) is 5.81. The zero-order valence-electron chi connectivity index (χ0n) is 8.95. The van der Waals surface area contributed by atoms with Gasteiger partial charge in [-0.15, -0.1) is 0 Å². The first-order chi connectivity index (χ1) is 7.33. The Morgan fingerprint density at radius 2 is 2.00 bits per heavy atom. The fraction of sp³-hybridized carbons (Fsp3) is 0.500. The molecule has 0 atom stereocenters. The molecule has 15 heavy (non-hydrogen) atoms. The summed E-state index contributed by atoms with van der Waals surface area (Å²) >= 11 is 0. The molecule has 0 aliphatic carbocycles. The molecule has 0 amide bonds. The number of benzene rings is 1. The van der Waals surface area contributed by atoms with Crippen LogP contribution in [0.25, 0.3) is 0 Å². The number of phenols is 1. The molecule has 0 fully saturated rings. The second kappa shape index (κ2) is 7.26. The third-order valence-corrected chi connectivity index (χ3v) is 2.25. The Balaban J connectivity index is 2.10. The molecule has 0 heterocycles. The van der Waals surface area contributed by atoms with Gasteiger partial charge in [0, 0.05) is 13.2 Å². The van der Waals surface area contributed by atoms with Crippen LogP contribution in [0.4, 0.5) is 0 Å². The highest BCUT2D eigenvalue weighted by atomic mass is 16.3. The van der Waals surface area contributed by atoms with Gasteiger partial charge in [-0.3, -0.25) is 0 Å². The number of unbranched alkanes of at least 4 members (excludes halogenated alkanes) is 2. The minimum Gasteiger partial charge on any atom is -0.508 e. The molecule has 0 saturated heterocycles. The average Bonchev–Trinajstić information content (AvgIpc) is 2.23. The van der Waals surface area contributed by atoms with Gasteiger partial charge in [-0.05, 0) is 43.5 Å². The molecule has 0 radical (unpaired) electrons. The molecule has 84 valence electrons. The van der Waals surface area contributed by atoms with Crippen molar-refractivity contribution in [3.8, 4) is 5.75 Å². The number of hydrogen-bond acceptors (Lipinski definition) is 3. The molecule has 0 aliphatic rings. The number of aliphatic hydroxyl groups is 1. The number of nitrogens with one attached hydrogen (secondary N) is 1. The zero-order chi connectivity index (χ0) is 10.9. The van der Waals surface area contributed by atoms with E-state index in [9.17, 15) is 5.11 Å². The van der Waals surface area contributed by atoms with E-state index in [1.54, 1.807) is 12.1 Å². The highest BCUT2D eigenvalue weighted by Crippen LogP contribution is 2.10. The summed E-state index contributed by atoms with van der Waals surface area (Å²) in [5.41, 5.74) is 1.09. The summed E-state index contributed by atoms with van der Waals surface area (Å²) in [6.45, 7) is 2.02. The monoisotopic (exact) mass is 209 g/mol. The van der Waals surface area contributed by atoms with Crippen molar-refractivity contribution in [1.82, 2.24) is 5.32 Å². The van der Waals surface area contributed by atoms with Crippen LogP contribution in [-0.2, 0) is 6.54 Å². The van der Waals surface area contributed by atoms with Gasteiger partial charge in [0.05, 0.1) is 0 Å². The molecule has 0 aliphatic heterocycles. The van der Waals surface area contributed by atoms with Gasteiger partial charge < -0.3 is 15.5 Å². The molecule has 1 aromatic rings. The van der Waals surface area contributed by atoms with E-state index in [0.717, 1.165) is 37.9 Å². The molecule has 0 aromatic heterocycles. The predicted octanol–water partition coefficient (Wildman–Crippen LogP) is 1.64. The molecular weight excluding hydrogens is 190 g/mol. The van der Waals surface area contributed by atoms with Crippen LogP contribution in [0.2, 0.25) is 0 Å². The first kappa shape index (κ1) is 12.0. The van der Waals surface area contributed by atoms with Crippen LogP contribution in [0.15, 0.2) is 24.3 Å². The van der Waals surface area contributed by atoms with Gasteiger partial charge >= 0.3 is 0 Å². The van der Waals surface area contributed by atoms with Crippen molar-refractivity contribution in [1.29, 1.82) is 0 Å². The molecule has 1 rings (SSSR count). The third kappa shape index (κ3) is 5.40. The lowest BCUT2D eigenvalue weighted by atomic mass is 10.2. The Hall–Kier alpha value is -1.06. The fourth-order valence-corrected chi connectivity index (χ4v) is 1.44. The van der Waals surface area contributed by atoms with Gasteiger partial charge in [-0.1, -0.05) is 12.1 Å². The van der Waals surface area contributed by atoms with Crippen LogP contribution in [0.1, 0.15) is 24.8 Å². The van der Waals surface area contributed by atoms with Gasteiger partial charge in [0.15, 0.2) is 0 Å². The van der Waals surface area contributed by atoms with Crippen LogP contribution in [0.5, 0.6) is 5.75 Å². The van der Waals surface area contributed by atoms with Crippen molar-refractivity contribution in [2.45, 2.75) is 25.8 Å². The van der Waals surface area contributed by atoms with Crippen LogP contribution in [-0.4, -0.2) is 23.4 Å². The van der Waals surface area contributed by atoms with Crippen LogP contribution < -0.4 is 5.32 Å². The minimum atomic E-state index is 0.284. The lowest BCUT2D eigenvalue weighted by Gasteiger charge is -2.04. The topological polar surface area (TPSA) is 52.5 Å². The molecule has 0 saturated carbocycles. The third-order valence-electron chi connectivity index (χ3n) is 2.25. The van der Waals surface area contributed by atoms with E-state index in [1.165, 1.54) is 0 Å². The van der Waals surface area contributed by atoms with Crippen LogP contribution in [0, 0.1) is 0 Å².